The van der Waals surface area contributed by atoms with Crippen molar-refractivity contribution in [2.45, 2.75) is 43.9 Å². The van der Waals surface area contributed by atoms with Crippen molar-refractivity contribution in [2.75, 3.05) is 0 Å². The Labute approximate surface area is 147 Å². The van der Waals surface area contributed by atoms with Gasteiger partial charge < -0.3 is 4.84 Å². The molecule has 0 N–H and O–H groups in total. The van der Waals surface area contributed by atoms with Crippen LogP contribution < -0.4 is 9.68 Å². The number of rotatable bonds is 4. The lowest BCUT2D eigenvalue weighted by Gasteiger charge is -2.16. The van der Waals surface area contributed by atoms with E-state index in [1.54, 1.807) is 0 Å². The minimum atomic E-state index is -5.90. The van der Waals surface area contributed by atoms with Crippen LogP contribution in [0, 0.1) is 0 Å². The van der Waals surface area contributed by atoms with Gasteiger partial charge in [-0.05, 0) is 18.6 Å². The van der Waals surface area contributed by atoms with Crippen molar-refractivity contribution in [3.63, 3.8) is 0 Å². The second-order valence-corrected chi connectivity index (χ2v) is 7.95. The maximum absolute atomic E-state index is 14.7. The van der Waals surface area contributed by atoms with E-state index in [0.29, 0.717) is 7.05 Å². The highest BCUT2D eigenvalue weighted by molar-refractivity contribution is 8.06. The van der Waals surface area contributed by atoms with Gasteiger partial charge in [-0.15, -0.1) is 0 Å². The molecule has 1 aliphatic heterocycles. The number of hydrogen-bond donors (Lipinski definition) is 0. The second-order valence-electron chi connectivity index (χ2n) is 5.96. The van der Waals surface area contributed by atoms with E-state index in [2.05, 4.69) is 19.9 Å². The first-order chi connectivity index (χ1) is 12.0. The van der Waals surface area contributed by atoms with Gasteiger partial charge in [0.25, 0.3) is 9.84 Å². The van der Waals surface area contributed by atoms with Crippen molar-refractivity contribution in [3.8, 4) is 0 Å². The van der Waals surface area contributed by atoms with Gasteiger partial charge in [0.1, 0.15) is 5.60 Å². The number of halogens is 7. The quantitative estimate of drug-likeness (QED) is 0.533. The normalized spacial score (nSPS) is 17.8. The fraction of sp³-hybridized carbons (Fsp3) is 0.727. The van der Waals surface area contributed by atoms with Crippen LogP contribution in [0.3, 0.4) is 0 Å². The third kappa shape index (κ3) is 3.66. The molecule has 2 heterocycles. The largest absolute Gasteiger partial charge is 0.465 e. The molecule has 0 radical (unpaired) electrons. The highest BCUT2D eigenvalue weighted by atomic mass is 32.2. The van der Waals surface area contributed by atoms with E-state index in [1.165, 1.54) is 13.8 Å². The predicted octanol–water partition coefficient (Wildman–Crippen LogP) is 1.35. The first-order valence-corrected chi connectivity index (χ1v) is 8.39. The van der Waals surface area contributed by atoms with Crippen LogP contribution in [0.5, 0.6) is 0 Å². The smallest absolute Gasteiger partial charge is 0.389 e. The van der Waals surface area contributed by atoms with Crippen LogP contribution in [-0.4, -0.2) is 35.6 Å². The molecule has 0 saturated heterocycles. The van der Waals surface area contributed by atoms with Crippen molar-refractivity contribution in [1.82, 2.24) is 9.90 Å². The van der Waals surface area contributed by atoms with Gasteiger partial charge in [0, 0.05) is 11.3 Å². The third-order valence-corrected chi connectivity index (χ3v) is 4.97. The molecule has 2 rings (SSSR count). The van der Waals surface area contributed by atoms with Crippen molar-refractivity contribution in [1.29, 1.82) is 0 Å². The van der Waals surface area contributed by atoms with E-state index < -0.39 is 61.2 Å². The molecule has 0 bridgehead atoms. The number of alkyl halides is 7. The average molecular weight is 429 g/mol. The minimum absolute atomic E-state index is 0.134. The zero-order valence-corrected chi connectivity index (χ0v) is 14.6. The van der Waals surface area contributed by atoms with Gasteiger partial charge in [-0.3, -0.25) is 0 Å². The monoisotopic (exact) mass is 429 g/mol. The zero-order chi connectivity index (χ0) is 21.0. The number of hydrogen-bond acceptors (Lipinski definition) is 6. The Morgan fingerprint density at radius 2 is 1.81 bits per heavy atom. The van der Waals surface area contributed by atoms with Crippen LogP contribution >= 0.6 is 0 Å². The van der Waals surface area contributed by atoms with Crippen molar-refractivity contribution >= 4 is 14.9 Å². The fourth-order valence-electron chi connectivity index (χ4n) is 2.13. The minimum Gasteiger partial charge on any atom is -0.389 e. The number of sulfone groups is 1. The molecule has 0 fully saturated rings. The topological polar surface area (TPSA) is 86.7 Å². The number of aromatic nitrogens is 3. The predicted molar refractivity (Wildman–Crippen MR) is 71.0 cm³/mol. The molecule has 0 saturated carbocycles. The Bertz CT molecular complexity index is 876. The molecule has 27 heavy (non-hydrogen) atoms. The van der Waals surface area contributed by atoms with Gasteiger partial charge in [-0.25, -0.2) is 13.3 Å². The van der Waals surface area contributed by atoms with Gasteiger partial charge in [-0.1, -0.05) is 5.16 Å². The molecule has 0 unspecified atom stereocenters. The van der Waals surface area contributed by atoms with Gasteiger partial charge in [0.15, 0.2) is 5.04 Å². The number of aryl methyl sites for hydroxylation is 1. The summed E-state index contributed by atoms with van der Waals surface area (Å²) < 4.78 is 118. The summed E-state index contributed by atoms with van der Waals surface area (Å²) in [5.41, 5.74) is -6.17. The Morgan fingerprint density at radius 1 is 1.26 bits per heavy atom. The molecular weight excluding hydrogens is 417 g/mol. The standard InChI is InChI=1S/C11H12F7N4O4S/c1-9(2)4-5(20-26-9)27(23,24)11(17,18)7-6(10(14,15)16)19-21(3)22(7)25-8(12)13/h8H,4H2,1-3H3/q+1. The van der Waals surface area contributed by atoms with E-state index in [9.17, 15) is 39.2 Å². The lowest BCUT2D eigenvalue weighted by Crippen LogP contribution is -2.58. The molecule has 1 aromatic rings. The summed E-state index contributed by atoms with van der Waals surface area (Å²) in [6, 6.07) is 0. The number of oxime groups is 1. The van der Waals surface area contributed by atoms with E-state index in [-0.39, 0.29) is 4.80 Å². The van der Waals surface area contributed by atoms with Crippen LogP contribution in [-0.2, 0) is 33.2 Å². The highest BCUT2D eigenvalue weighted by Gasteiger charge is 2.65. The third-order valence-electron chi connectivity index (χ3n) is 3.27. The summed E-state index contributed by atoms with van der Waals surface area (Å²) in [5.74, 6) is 0. The van der Waals surface area contributed by atoms with E-state index >= 15 is 0 Å². The zero-order valence-electron chi connectivity index (χ0n) is 13.8. The Morgan fingerprint density at radius 3 is 2.22 bits per heavy atom. The molecule has 8 nitrogen and oxygen atoms in total. The summed E-state index contributed by atoms with van der Waals surface area (Å²) in [4.78, 5) is 7.38. The summed E-state index contributed by atoms with van der Waals surface area (Å²) in [5, 5.41) is -0.989. The van der Waals surface area contributed by atoms with Crippen molar-refractivity contribution in [2.24, 2.45) is 12.2 Å². The van der Waals surface area contributed by atoms with Gasteiger partial charge >= 0.3 is 29.4 Å². The average Bonchev–Trinajstić information content (AvgIpc) is 2.99. The fourth-order valence-corrected chi connectivity index (χ4v) is 3.53. The summed E-state index contributed by atoms with van der Waals surface area (Å²) >= 11 is 0. The Balaban J connectivity index is 2.70. The molecule has 0 spiro atoms. The molecule has 154 valence electrons. The summed E-state index contributed by atoms with van der Waals surface area (Å²) in [6.07, 6.45) is -6.28. The first kappa shape index (κ1) is 21.2. The molecule has 0 aliphatic carbocycles. The number of nitrogens with zero attached hydrogens (tertiary/aromatic N) is 4. The van der Waals surface area contributed by atoms with Gasteiger partial charge in [-0.2, -0.15) is 30.7 Å². The maximum Gasteiger partial charge on any atom is 0.465 e. The molecule has 1 aliphatic rings. The van der Waals surface area contributed by atoms with E-state index in [4.69, 9.17) is 0 Å². The van der Waals surface area contributed by atoms with Crippen LogP contribution in [0.15, 0.2) is 5.16 Å². The lowest BCUT2D eigenvalue weighted by atomic mass is 10.1. The SMILES string of the molecule is Cn1nc(C(F)(F)F)c(C(F)(F)S(=O)(=O)C2=NOC(C)(C)C2)[n+]1OC(F)F. The molecular formula is C11H12F7N4O4S+. The van der Waals surface area contributed by atoms with E-state index in [0.717, 1.165) is 0 Å². The highest BCUT2D eigenvalue weighted by Crippen LogP contribution is 2.42. The van der Waals surface area contributed by atoms with Crippen LogP contribution in [0.2, 0.25) is 0 Å². The Hall–Kier alpha value is -2.13. The molecule has 0 aromatic carbocycles. The van der Waals surface area contributed by atoms with Crippen molar-refractivity contribution in [3.05, 3.63) is 11.4 Å². The first-order valence-electron chi connectivity index (χ1n) is 6.90. The Kier molecular flexibility index (Phi) is 4.86. The van der Waals surface area contributed by atoms with Gasteiger partial charge in [0.05, 0.1) is 12.1 Å². The summed E-state index contributed by atoms with van der Waals surface area (Å²) in [6.45, 7) is -1.26. The molecule has 0 atom stereocenters. The van der Waals surface area contributed by atoms with Crippen LogP contribution in [0.1, 0.15) is 31.7 Å². The summed E-state index contributed by atoms with van der Waals surface area (Å²) in [7, 11) is -5.32. The van der Waals surface area contributed by atoms with Crippen LogP contribution in [0.25, 0.3) is 0 Å². The molecule has 16 heteroatoms. The maximum atomic E-state index is 14.7. The van der Waals surface area contributed by atoms with Gasteiger partial charge in [0.2, 0.25) is 0 Å². The van der Waals surface area contributed by atoms with Crippen molar-refractivity contribution < 1.29 is 53.7 Å². The van der Waals surface area contributed by atoms with E-state index in [1.807, 2.05) is 0 Å². The second kappa shape index (κ2) is 6.20. The van der Waals surface area contributed by atoms with Crippen LogP contribution in [0.4, 0.5) is 30.7 Å². The molecule has 0 amide bonds. The lowest BCUT2D eigenvalue weighted by molar-refractivity contribution is -0.973. The molecule has 1 aromatic heterocycles.